The fourth-order valence-electron chi connectivity index (χ4n) is 1.87. The van der Waals surface area contributed by atoms with Gasteiger partial charge in [-0.2, -0.15) is 13.2 Å². The maximum atomic E-state index is 12.5. The molecule has 0 aliphatic rings. The predicted octanol–water partition coefficient (Wildman–Crippen LogP) is 3.54. The minimum Gasteiger partial charge on any atom is -0.331 e. The minimum absolute atomic E-state index is 0.408. The van der Waals surface area contributed by atoms with E-state index in [0.717, 1.165) is 36.3 Å². The summed E-state index contributed by atoms with van der Waals surface area (Å²) in [6.07, 6.45) is -2.62. The molecule has 0 radical (unpaired) electrons. The summed E-state index contributed by atoms with van der Waals surface area (Å²) in [5.74, 6) is 0.821. The summed E-state index contributed by atoms with van der Waals surface area (Å²) < 4.78 is 39.5. The zero-order valence-electron chi connectivity index (χ0n) is 9.67. The van der Waals surface area contributed by atoms with Gasteiger partial charge in [0, 0.05) is 13.5 Å². The number of aryl methyl sites for hydroxylation is 2. The molecule has 0 saturated carbocycles. The fraction of sp³-hybridized carbons (Fsp3) is 0.417. The van der Waals surface area contributed by atoms with Crippen molar-refractivity contribution < 1.29 is 13.2 Å². The van der Waals surface area contributed by atoms with Crippen molar-refractivity contribution in [3.05, 3.63) is 29.6 Å². The van der Waals surface area contributed by atoms with Crippen LogP contribution >= 0.6 is 0 Å². The third kappa shape index (κ3) is 2.14. The van der Waals surface area contributed by atoms with Crippen LogP contribution in [0.1, 0.15) is 24.7 Å². The molecule has 0 saturated heterocycles. The molecule has 0 spiro atoms. The van der Waals surface area contributed by atoms with Crippen LogP contribution in [0.5, 0.6) is 0 Å². The largest absolute Gasteiger partial charge is 0.416 e. The Morgan fingerprint density at radius 3 is 2.59 bits per heavy atom. The van der Waals surface area contributed by atoms with Gasteiger partial charge in [0.15, 0.2) is 0 Å². The Hall–Kier alpha value is -1.52. The Kier molecular flexibility index (Phi) is 2.85. The quantitative estimate of drug-likeness (QED) is 0.787. The Balaban J connectivity index is 2.56. The third-order valence-electron chi connectivity index (χ3n) is 2.77. The zero-order chi connectivity index (χ0) is 12.6. The molecule has 0 amide bonds. The first kappa shape index (κ1) is 12.0. The second-order valence-corrected chi connectivity index (χ2v) is 4.04. The van der Waals surface area contributed by atoms with Crippen molar-refractivity contribution in [2.45, 2.75) is 25.9 Å². The van der Waals surface area contributed by atoms with Gasteiger partial charge in [-0.15, -0.1) is 0 Å². The molecule has 0 bridgehead atoms. The first-order chi connectivity index (χ1) is 7.93. The first-order valence-electron chi connectivity index (χ1n) is 5.46. The molecule has 17 heavy (non-hydrogen) atoms. The molecule has 1 aromatic carbocycles. The van der Waals surface area contributed by atoms with Crippen LogP contribution in [-0.4, -0.2) is 9.55 Å². The van der Waals surface area contributed by atoms with Crippen LogP contribution in [0.2, 0.25) is 0 Å². The van der Waals surface area contributed by atoms with Gasteiger partial charge < -0.3 is 4.57 Å². The number of hydrogen-bond donors (Lipinski definition) is 0. The number of imidazole rings is 1. The normalized spacial score (nSPS) is 12.3. The van der Waals surface area contributed by atoms with Crippen LogP contribution in [0.3, 0.4) is 0 Å². The van der Waals surface area contributed by atoms with Gasteiger partial charge in [0.2, 0.25) is 0 Å². The van der Waals surface area contributed by atoms with E-state index in [2.05, 4.69) is 4.98 Å². The molecule has 2 aromatic rings. The fourth-order valence-corrected chi connectivity index (χ4v) is 1.87. The zero-order valence-corrected chi connectivity index (χ0v) is 9.67. The predicted molar refractivity (Wildman–Crippen MR) is 59.7 cm³/mol. The summed E-state index contributed by atoms with van der Waals surface area (Å²) in [5.41, 5.74) is 0.498. The lowest BCUT2D eigenvalue weighted by molar-refractivity contribution is -0.137. The van der Waals surface area contributed by atoms with Crippen molar-refractivity contribution in [3.63, 3.8) is 0 Å². The number of hydrogen-bond acceptors (Lipinski definition) is 1. The molecule has 92 valence electrons. The summed E-state index contributed by atoms with van der Waals surface area (Å²) in [6, 6.07) is 3.68. The summed E-state index contributed by atoms with van der Waals surface area (Å²) in [6.45, 7) is 2.01. The first-order valence-corrected chi connectivity index (χ1v) is 5.46. The summed E-state index contributed by atoms with van der Waals surface area (Å²) in [7, 11) is 1.83. The van der Waals surface area contributed by atoms with Crippen LogP contribution < -0.4 is 0 Å². The standard InChI is InChI=1S/C12H13F3N2/c1-3-4-11-16-9-7-8(12(13,14)15)5-6-10(9)17(11)2/h5-7H,3-4H2,1-2H3. The van der Waals surface area contributed by atoms with Gasteiger partial charge in [-0.05, 0) is 24.6 Å². The molecule has 0 aliphatic heterocycles. The molecular weight excluding hydrogens is 229 g/mol. The molecule has 0 atom stereocenters. The van der Waals surface area contributed by atoms with Crippen molar-refractivity contribution >= 4 is 11.0 Å². The van der Waals surface area contributed by atoms with E-state index in [9.17, 15) is 13.2 Å². The number of nitrogens with zero attached hydrogens (tertiary/aromatic N) is 2. The van der Waals surface area contributed by atoms with Crippen LogP contribution in [-0.2, 0) is 19.6 Å². The van der Waals surface area contributed by atoms with E-state index in [1.807, 2.05) is 18.5 Å². The van der Waals surface area contributed by atoms with E-state index < -0.39 is 11.7 Å². The average Bonchev–Trinajstić information content (AvgIpc) is 2.55. The highest BCUT2D eigenvalue weighted by molar-refractivity contribution is 5.77. The summed E-state index contributed by atoms with van der Waals surface area (Å²) in [4.78, 5) is 4.24. The summed E-state index contributed by atoms with van der Waals surface area (Å²) in [5, 5.41) is 0. The smallest absolute Gasteiger partial charge is 0.331 e. The molecule has 0 unspecified atom stereocenters. The van der Waals surface area contributed by atoms with Crippen LogP contribution in [0.15, 0.2) is 18.2 Å². The Morgan fingerprint density at radius 1 is 1.29 bits per heavy atom. The highest BCUT2D eigenvalue weighted by Crippen LogP contribution is 2.31. The number of alkyl halides is 3. The number of halogens is 3. The van der Waals surface area contributed by atoms with Crippen molar-refractivity contribution in [2.75, 3.05) is 0 Å². The molecule has 0 aliphatic carbocycles. The van der Waals surface area contributed by atoms with Crippen molar-refractivity contribution in [1.82, 2.24) is 9.55 Å². The van der Waals surface area contributed by atoms with Gasteiger partial charge in [0.25, 0.3) is 0 Å². The molecule has 2 nitrogen and oxygen atoms in total. The second kappa shape index (κ2) is 4.05. The van der Waals surface area contributed by atoms with Crippen molar-refractivity contribution in [3.8, 4) is 0 Å². The lowest BCUT2D eigenvalue weighted by Gasteiger charge is -2.05. The van der Waals surface area contributed by atoms with E-state index in [-0.39, 0.29) is 0 Å². The second-order valence-electron chi connectivity index (χ2n) is 4.04. The van der Waals surface area contributed by atoms with Crippen LogP contribution in [0, 0.1) is 0 Å². The van der Waals surface area contributed by atoms with Gasteiger partial charge >= 0.3 is 6.18 Å². The molecular formula is C12H13F3N2. The Morgan fingerprint density at radius 2 is 2.00 bits per heavy atom. The topological polar surface area (TPSA) is 17.8 Å². The van der Waals surface area contributed by atoms with Crippen molar-refractivity contribution in [2.24, 2.45) is 7.05 Å². The van der Waals surface area contributed by atoms with Gasteiger partial charge in [0.05, 0.1) is 16.6 Å². The maximum absolute atomic E-state index is 12.5. The van der Waals surface area contributed by atoms with Crippen LogP contribution in [0.4, 0.5) is 13.2 Å². The maximum Gasteiger partial charge on any atom is 0.416 e. The van der Waals surface area contributed by atoms with E-state index in [0.29, 0.717) is 5.52 Å². The Bertz CT molecular complexity index is 540. The SMILES string of the molecule is CCCc1nc2cc(C(F)(F)F)ccc2n1C. The molecule has 0 N–H and O–H groups in total. The lowest BCUT2D eigenvalue weighted by Crippen LogP contribution is -2.04. The highest BCUT2D eigenvalue weighted by atomic mass is 19.4. The van der Waals surface area contributed by atoms with E-state index >= 15 is 0 Å². The number of rotatable bonds is 2. The van der Waals surface area contributed by atoms with Gasteiger partial charge in [-0.3, -0.25) is 0 Å². The van der Waals surface area contributed by atoms with E-state index in [1.54, 1.807) is 0 Å². The minimum atomic E-state index is -4.31. The van der Waals surface area contributed by atoms with Gasteiger partial charge in [0.1, 0.15) is 5.82 Å². The van der Waals surface area contributed by atoms with E-state index in [4.69, 9.17) is 0 Å². The molecule has 0 fully saturated rings. The number of aromatic nitrogens is 2. The number of benzene rings is 1. The molecule has 1 heterocycles. The summed E-state index contributed by atoms with van der Waals surface area (Å²) >= 11 is 0. The van der Waals surface area contributed by atoms with Crippen LogP contribution in [0.25, 0.3) is 11.0 Å². The molecule has 2 rings (SSSR count). The van der Waals surface area contributed by atoms with E-state index in [1.165, 1.54) is 6.07 Å². The monoisotopic (exact) mass is 242 g/mol. The van der Waals surface area contributed by atoms with Crippen molar-refractivity contribution in [1.29, 1.82) is 0 Å². The highest BCUT2D eigenvalue weighted by Gasteiger charge is 2.30. The molecule has 1 aromatic heterocycles. The van der Waals surface area contributed by atoms with Gasteiger partial charge in [-0.25, -0.2) is 4.98 Å². The Labute approximate surface area is 97.1 Å². The lowest BCUT2D eigenvalue weighted by atomic mass is 10.2. The third-order valence-corrected chi connectivity index (χ3v) is 2.77. The molecule has 5 heteroatoms. The average molecular weight is 242 g/mol. The number of fused-ring (bicyclic) bond motifs is 1. The van der Waals surface area contributed by atoms with Gasteiger partial charge in [-0.1, -0.05) is 6.92 Å².